The van der Waals surface area contributed by atoms with Crippen molar-refractivity contribution in [2.24, 2.45) is 0 Å². The van der Waals surface area contributed by atoms with Gasteiger partial charge in [0.15, 0.2) is 17.1 Å². The second-order valence-electron chi connectivity index (χ2n) is 6.54. The molecule has 0 atom stereocenters. The van der Waals surface area contributed by atoms with Crippen molar-refractivity contribution < 1.29 is 0 Å². The monoisotopic (exact) mass is 373 g/mol. The first-order valence-corrected chi connectivity index (χ1v) is 9.05. The summed E-state index contributed by atoms with van der Waals surface area (Å²) in [6, 6.07) is 17.8. The van der Waals surface area contributed by atoms with Gasteiger partial charge in [0, 0.05) is 22.0 Å². The average Bonchev–Trinajstić information content (AvgIpc) is 3.22. The minimum atomic E-state index is 0.658. The number of nitrogens with zero attached hydrogens (tertiary/aromatic N) is 5. The van der Waals surface area contributed by atoms with E-state index in [2.05, 4.69) is 35.6 Å². The first-order valence-electron chi connectivity index (χ1n) is 8.68. The van der Waals surface area contributed by atoms with E-state index < -0.39 is 0 Å². The van der Waals surface area contributed by atoms with Gasteiger partial charge in [-0.1, -0.05) is 29.8 Å². The van der Waals surface area contributed by atoms with Crippen LogP contribution in [-0.2, 0) is 0 Å². The van der Waals surface area contributed by atoms with E-state index in [0.29, 0.717) is 10.8 Å². The fraction of sp³-hybridized carbons (Fsp3) is 0.0952. The Balaban J connectivity index is 1.79. The van der Waals surface area contributed by atoms with Crippen LogP contribution in [0.5, 0.6) is 0 Å². The third kappa shape index (κ3) is 2.43. The molecule has 5 nitrogen and oxygen atoms in total. The summed E-state index contributed by atoms with van der Waals surface area (Å²) >= 11 is 6.00. The van der Waals surface area contributed by atoms with E-state index in [0.717, 1.165) is 39.2 Å². The van der Waals surface area contributed by atoms with Gasteiger partial charge in [-0.3, -0.25) is 4.57 Å². The fourth-order valence-corrected chi connectivity index (χ4v) is 3.60. The normalized spacial score (nSPS) is 11.5. The van der Waals surface area contributed by atoms with Crippen LogP contribution in [0.25, 0.3) is 33.8 Å². The lowest BCUT2D eigenvalue weighted by Gasteiger charge is -2.07. The molecule has 6 heteroatoms. The summed E-state index contributed by atoms with van der Waals surface area (Å²) < 4.78 is 3.91. The van der Waals surface area contributed by atoms with E-state index in [9.17, 15) is 0 Å². The summed E-state index contributed by atoms with van der Waals surface area (Å²) in [5, 5.41) is 6.32. The highest BCUT2D eigenvalue weighted by Gasteiger charge is 2.19. The Morgan fingerprint density at radius 1 is 0.889 bits per heavy atom. The van der Waals surface area contributed by atoms with Gasteiger partial charge in [-0.15, -0.1) is 5.10 Å². The van der Waals surface area contributed by atoms with E-state index >= 15 is 0 Å². The Hall–Kier alpha value is -3.18. The van der Waals surface area contributed by atoms with Crippen LogP contribution in [-0.4, -0.2) is 24.1 Å². The molecule has 0 aliphatic heterocycles. The zero-order valence-electron chi connectivity index (χ0n) is 14.9. The molecule has 3 aromatic heterocycles. The summed E-state index contributed by atoms with van der Waals surface area (Å²) in [6.45, 7) is 4.21. The molecule has 0 fully saturated rings. The zero-order chi connectivity index (χ0) is 18.5. The Morgan fingerprint density at radius 3 is 2.37 bits per heavy atom. The lowest BCUT2D eigenvalue weighted by Crippen LogP contribution is -1.98. The first-order chi connectivity index (χ1) is 13.1. The lowest BCUT2D eigenvalue weighted by atomic mass is 10.2. The van der Waals surface area contributed by atoms with Crippen molar-refractivity contribution in [3.63, 3.8) is 0 Å². The van der Waals surface area contributed by atoms with E-state index in [-0.39, 0.29) is 0 Å². The molecule has 0 spiro atoms. The Morgan fingerprint density at radius 2 is 1.63 bits per heavy atom. The predicted octanol–water partition coefficient (Wildman–Crippen LogP) is 5.01. The van der Waals surface area contributed by atoms with Crippen LogP contribution in [0.15, 0.2) is 60.9 Å². The van der Waals surface area contributed by atoms with Gasteiger partial charge >= 0.3 is 0 Å². The topological polar surface area (TPSA) is 48.0 Å². The largest absolute Gasteiger partial charge is 0.298 e. The summed E-state index contributed by atoms with van der Waals surface area (Å²) in [4.78, 5) is 9.50. The van der Waals surface area contributed by atoms with E-state index in [1.807, 2.05) is 42.5 Å². The molecule has 5 aromatic rings. The average molecular weight is 374 g/mol. The number of hydrogen-bond donors (Lipinski definition) is 0. The van der Waals surface area contributed by atoms with Gasteiger partial charge in [0.1, 0.15) is 6.33 Å². The van der Waals surface area contributed by atoms with Crippen LogP contribution in [0.1, 0.15) is 11.3 Å². The van der Waals surface area contributed by atoms with Gasteiger partial charge < -0.3 is 0 Å². The second-order valence-corrected chi connectivity index (χ2v) is 6.97. The van der Waals surface area contributed by atoms with Crippen molar-refractivity contribution in [3.8, 4) is 17.1 Å². The molecule has 0 saturated heterocycles. The van der Waals surface area contributed by atoms with Gasteiger partial charge in [0.25, 0.3) is 0 Å². The van der Waals surface area contributed by atoms with Crippen LogP contribution in [0.4, 0.5) is 0 Å². The van der Waals surface area contributed by atoms with Crippen LogP contribution >= 0.6 is 11.6 Å². The molecule has 0 radical (unpaired) electrons. The van der Waals surface area contributed by atoms with Crippen LogP contribution in [0.3, 0.4) is 0 Å². The van der Waals surface area contributed by atoms with Crippen molar-refractivity contribution in [2.45, 2.75) is 13.8 Å². The molecule has 132 valence electrons. The Bertz CT molecular complexity index is 1280. The molecule has 0 bridgehead atoms. The molecule has 0 aliphatic carbocycles. The van der Waals surface area contributed by atoms with Crippen molar-refractivity contribution >= 4 is 28.3 Å². The van der Waals surface area contributed by atoms with Crippen LogP contribution in [0, 0.1) is 13.8 Å². The van der Waals surface area contributed by atoms with E-state index in [4.69, 9.17) is 21.6 Å². The molecule has 27 heavy (non-hydrogen) atoms. The quantitative estimate of drug-likeness (QED) is 0.437. The maximum Gasteiger partial charge on any atom is 0.182 e. The molecule has 3 heterocycles. The maximum absolute atomic E-state index is 6.00. The van der Waals surface area contributed by atoms with E-state index in [1.54, 1.807) is 10.8 Å². The number of rotatable bonds is 2. The zero-order valence-corrected chi connectivity index (χ0v) is 15.6. The highest BCUT2D eigenvalue weighted by atomic mass is 35.5. The number of benzene rings is 2. The number of fused-ring (bicyclic) bond motifs is 3. The molecule has 2 aromatic carbocycles. The summed E-state index contributed by atoms with van der Waals surface area (Å²) in [5.41, 5.74) is 6.00. The summed E-state index contributed by atoms with van der Waals surface area (Å²) in [5.74, 6) is 0.658. The molecular formula is C21H16ClN5. The van der Waals surface area contributed by atoms with Gasteiger partial charge in [0.05, 0.1) is 5.39 Å². The van der Waals surface area contributed by atoms with Gasteiger partial charge in [0.2, 0.25) is 0 Å². The van der Waals surface area contributed by atoms with Crippen molar-refractivity contribution in [1.29, 1.82) is 0 Å². The number of para-hydroxylation sites is 1. The fourth-order valence-electron chi connectivity index (χ4n) is 3.47. The van der Waals surface area contributed by atoms with Crippen molar-refractivity contribution in [2.75, 3.05) is 0 Å². The number of aromatic nitrogens is 5. The Labute approximate surface area is 160 Å². The second kappa shape index (κ2) is 5.93. The Kier molecular flexibility index (Phi) is 3.52. The molecule has 0 N–H and O–H groups in total. The summed E-state index contributed by atoms with van der Waals surface area (Å²) in [6.07, 6.45) is 1.72. The third-order valence-corrected chi connectivity index (χ3v) is 5.20. The molecular weight excluding hydrogens is 358 g/mol. The standard InChI is InChI=1S/C21H16ClN5/c1-13-14(2)27(17-6-4-3-5-7-17)20-18(13)21-24-19(25-26(21)12-23-20)15-8-10-16(22)11-9-15/h3-12H,1-2H3. The van der Waals surface area contributed by atoms with Crippen molar-refractivity contribution in [1.82, 2.24) is 24.1 Å². The highest BCUT2D eigenvalue weighted by Crippen LogP contribution is 2.30. The SMILES string of the molecule is Cc1c(C)n(-c2ccccc2)c2ncn3nc(-c4ccc(Cl)cc4)nc3c12. The molecule has 0 amide bonds. The van der Waals surface area contributed by atoms with Gasteiger partial charge in [-0.25, -0.2) is 14.5 Å². The predicted molar refractivity (Wildman–Crippen MR) is 108 cm³/mol. The maximum atomic E-state index is 6.00. The molecule has 0 aliphatic rings. The molecule has 0 saturated carbocycles. The minimum Gasteiger partial charge on any atom is -0.298 e. The molecule has 5 rings (SSSR count). The first kappa shape index (κ1) is 16.0. The summed E-state index contributed by atoms with van der Waals surface area (Å²) in [7, 11) is 0. The van der Waals surface area contributed by atoms with E-state index in [1.165, 1.54) is 0 Å². The number of halogens is 1. The number of aryl methyl sites for hydroxylation is 1. The van der Waals surface area contributed by atoms with Gasteiger partial charge in [-0.05, 0) is 55.8 Å². The minimum absolute atomic E-state index is 0.658. The van der Waals surface area contributed by atoms with Crippen LogP contribution in [0.2, 0.25) is 5.02 Å². The lowest BCUT2D eigenvalue weighted by molar-refractivity contribution is 0.927. The van der Waals surface area contributed by atoms with Crippen molar-refractivity contribution in [3.05, 3.63) is 77.2 Å². The third-order valence-electron chi connectivity index (χ3n) is 4.95. The smallest absolute Gasteiger partial charge is 0.182 e. The number of hydrogen-bond acceptors (Lipinski definition) is 3. The van der Waals surface area contributed by atoms with Gasteiger partial charge in [-0.2, -0.15) is 0 Å². The molecule has 0 unspecified atom stereocenters. The van der Waals surface area contributed by atoms with Crippen LogP contribution < -0.4 is 0 Å². The highest BCUT2D eigenvalue weighted by molar-refractivity contribution is 6.30.